The minimum atomic E-state index is -0.526. The number of rotatable bonds is 3. The Morgan fingerprint density at radius 2 is 2.11 bits per heavy atom. The normalized spacial score (nSPS) is 29.2. The smallest absolute Gasteiger partial charge is 0.254 e. The van der Waals surface area contributed by atoms with Crippen molar-refractivity contribution >= 4 is 28.7 Å². The number of likely N-dealkylation sites (tertiary alicyclic amines) is 1. The lowest BCUT2D eigenvalue weighted by Crippen LogP contribution is -2.42. The molecule has 1 N–H and O–H groups in total. The number of nitrogens with one attached hydrogen (secondary N) is 1. The van der Waals surface area contributed by atoms with Crippen molar-refractivity contribution in [1.82, 2.24) is 10.2 Å². The Labute approximate surface area is 111 Å². The fraction of sp³-hybridized carbons (Fsp3) is 0.750. The number of hydrogen-bond acceptors (Lipinski definition) is 4. The number of nitrogens with zero attached hydrogens (tertiary/aromatic N) is 2. The second-order valence-corrected chi connectivity index (χ2v) is 5.81. The Balaban J connectivity index is 2.08. The molecule has 6 heteroatoms. The van der Waals surface area contributed by atoms with E-state index in [1.54, 1.807) is 11.8 Å². The van der Waals surface area contributed by atoms with E-state index in [4.69, 9.17) is 0 Å². The maximum Gasteiger partial charge on any atom is 0.254 e. The molecule has 2 amide bonds. The summed E-state index contributed by atoms with van der Waals surface area (Å²) in [6.07, 6.45) is 2.27. The van der Waals surface area contributed by atoms with Gasteiger partial charge in [0, 0.05) is 18.3 Å². The number of amides is 2. The van der Waals surface area contributed by atoms with Gasteiger partial charge in [-0.25, -0.2) is 4.99 Å². The summed E-state index contributed by atoms with van der Waals surface area (Å²) in [5.74, 6) is 0.638. The molecule has 2 rings (SSSR count). The van der Waals surface area contributed by atoms with Crippen molar-refractivity contribution in [3.63, 3.8) is 0 Å². The molecule has 0 aromatic rings. The molecule has 2 aliphatic heterocycles. The highest BCUT2D eigenvalue weighted by Crippen LogP contribution is 2.29. The van der Waals surface area contributed by atoms with Crippen molar-refractivity contribution in [2.45, 2.75) is 44.7 Å². The molecule has 0 bridgehead atoms. The van der Waals surface area contributed by atoms with Gasteiger partial charge in [-0.05, 0) is 12.8 Å². The molecule has 2 aliphatic rings. The zero-order valence-electron chi connectivity index (χ0n) is 11.0. The molecule has 2 fully saturated rings. The van der Waals surface area contributed by atoms with E-state index in [1.807, 2.05) is 0 Å². The predicted molar refractivity (Wildman–Crippen MR) is 72.5 cm³/mol. The first-order chi connectivity index (χ1) is 8.51. The van der Waals surface area contributed by atoms with Crippen LogP contribution in [0.2, 0.25) is 0 Å². The fourth-order valence-electron chi connectivity index (χ4n) is 2.18. The molecule has 2 heterocycles. The first-order valence-corrected chi connectivity index (χ1v) is 7.29. The Bertz CT molecular complexity index is 404. The van der Waals surface area contributed by atoms with Crippen LogP contribution in [0.1, 0.15) is 33.1 Å². The molecule has 1 atom stereocenters. The van der Waals surface area contributed by atoms with E-state index < -0.39 is 6.04 Å². The van der Waals surface area contributed by atoms with Gasteiger partial charge in [-0.1, -0.05) is 25.6 Å². The number of hydrogen-bond donors (Lipinski definition) is 1. The largest absolute Gasteiger partial charge is 0.359 e. The summed E-state index contributed by atoms with van der Waals surface area (Å²) in [6.45, 7) is 4.30. The van der Waals surface area contributed by atoms with Gasteiger partial charge in [-0.2, -0.15) is 0 Å². The van der Waals surface area contributed by atoms with Gasteiger partial charge in [0.25, 0.3) is 5.91 Å². The monoisotopic (exact) mass is 269 g/mol. The minimum absolute atomic E-state index is 0.0983. The fourth-order valence-corrected chi connectivity index (χ4v) is 3.57. The highest BCUT2D eigenvalue weighted by atomic mass is 32.2. The van der Waals surface area contributed by atoms with Gasteiger partial charge in [0.05, 0.1) is 6.42 Å². The van der Waals surface area contributed by atoms with Crippen LogP contribution in [0.4, 0.5) is 0 Å². The van der Waals surface area contributed by atoms with Crippen LogP contribution >= 0.6 is 11.8 Å². The van der Waals surface area contributed by atoms with Gasteiger partial charge < -0.3 is 5.32 Å². The van der Waals surface area contributed by atoms with E-state index in [0.717, 1.165) is 23.8 Å². The van der Waals surface area contributed by atoms with E-state index >= 15 is 0 Å². The van der Waals surface area contributed by atoms with Crippen molar-refractivity contribution in [2.75, 3.05) is 12.8 Å². The Hall–Kier alpha value is -1.04. The van der Waals surface area contributed by atoms with Gasteiger partial charge in [-0.15, -0.1) is 0 Å². The molecule has 0 saturated carbocycles. The van der Waals surface area contributed by atoms with E-state index in [2.05, 4.69) is 24.2 Å². The van der Waals surface area contributed by atoms with Crippen LogP contribution in [-0.2, 0) is 9.59 Å². The molecule has 0 radical (unpaired) electrons. The first-order valence-electron chi connectivity index (χ1n) is 6.30. The highest BCUT2D eigenvalue weighted by Gasteiger charge is 2.39. The minimum Gasteiger partial charge on any atom is -0.359 e. The number of carbonyl (C=O) groups excluding carboxylic acids is 2. The molecule has 100 valence electrons. The van der Waals surface area contributed by atoms with Crippen LogP contribution in [-0.4, -0.2) is 46.3 Å². The molecular weight excluding hydrogens is 250 g/mol. The van der Waals surface area contributed by atoms with E-state index in [0.29, 0.717) is 0 Å². The van der Waals surface area contributed by atoms with Gasteiger partial charge in [-0.3, -0.25) is 14.5 Å². The third kappa shape index (κ3) is 2.25. The van der Waals surface area contributed by atoms with Crippen molar-refractivity contribution < 1.29 is 9.59 Å². The van der Waals surface area contributed by atoms with Gasteiger partial charge in [0.15, 0.2) is 5.17 Å². The number of thioether (sulfide) groups is 1. The third-order valence-corrected chi connectivity index (χ3v) is 5.02. The Kier molecular flexibility index (Phi) is 3.66. The number of carbonyl (C=O) groups is 2. The summed E-state index contributed by atoms with van der Waals surface area (Å²) in [7, 11) is 1.52. The molecule has 0 aliphatic carbocycles. The molecule has 0 aromatic heterocycles. The number of likely N-dealkylation sites (N-methyl/N-ethyl adjacent to an activating group) is 1. The number of amidine groups is 1. The predicted octanol–water partition coefficient (Wildman–Crippen LogP) is 0.995. The lowest BCUT2D eigenvalue weighted by Gasteiger charge is -2.25. The van der Waals surface area contributed by atoms with Crippen LogP contribution in [0.5, 0.6) is 0 Å². The Morgan fingerprint density at radius 3 is 2.56 bits per heavy atom. The van der Waals surface area contributed by atoms with Gasteiger partial charge in [0.2, 0.25) is 5.91 Å². The molecule has 1 unspecified atom stereocenters. The number of aliphatic imine (C=N–C) groups is 1. The standard InChI is InChI=1S/C12H19N3O2S/c1-4-12(5-2)7-18-11(14-12)13-8-6-9(16)15(3)10(8)17/h8H,4-7H2,1-3H3,(H,13,14). The lowest BCUT2D eigenvalue weighted by atomic mass is 9.96. The summed E-state index contributed by atoms with van der Waals surface area (Å²) >= 11 is 1.65. The SMILES string of the molecule is CCC1(CC)CSC(=NC2CC(=O)N(C)C2=O)N1. The summed E-state index contributed by atoms with van der Waals surface area (Å²) in [6, 6.07) is -0.526. The quantitative estimate of drug-likeness (QED) is 0.776. The molecule has 0 aromatic carbocycles. The van der Waals surface area contributed by atoms with Crippen LogP contribution in [0.25, 0.3) is 0 Å². The van der Waals surface area contributed by atoms with Crippen LogP contribution in [0, 0.1) is 0 Å². The highest BCUT2D eigenvalue weighted by molar-refractivity contribution is 8.14. The van der Waals surface area contributed by atoms with Gasteiger partial charge in [0.1, 0.15) is 6.04 Å². The molecule has 2 saturated heterocycles. The third-order valence-electron chi connectivity index (χ3n) is 3.84. The second kappa shape index (κ2) is 4.91. The summed E-state index contributed by atoms with van der Waals surface area (Å²) < 4.78 is 0. The summed E-state index contributed by atoms with van der Waals surface area (Å²) in [5.41, 5.74) is 0.0983. The zero-order valence-corrected chi connectivity index (χ0v) is 11.8. The van der Waals surface area contributed by atoms with Crippen LogP contribution in [0.15, 0.2) is 4.99 Å². The molecule has 5 nitrogen and oxygen atoms in total. The zero-order chi connectivity index (χ0) is 13.3. The summed E-state index contributed by atoms with van der Waals surface area (Å²) in [4.78, 5) is 28.8. The maximum absolute atomic E-state index is 11.8. The summed E-state index contributed by atoms with van der Waals surface area (Å²) in [5, 5.41) is 4.22. The van der Waals surface area contributed by atoms with Crippen molar-refractivity contribution in [3.8, 4) is 0 Å². The van der Waals surface area contributed by atoms with Crippen molar-refractivity contribution in [2.24, 2.45) is 4.99 Å². The molecule has 18 heavy (non-hydrogen) atoms. The van der Waals surface area contributed by atoms with Crippen molar-refractivity contribution in [3.05, 3.63) is 0 Å². The lowest BCUT2D eigenvalue weighted by molar-refractivity contribution is -0.136. The maximum atomic E-state index is 11.8. The van der Waals surface area contributed by atoms with Crippen molar-refractivity contribution in [1.29, 1.82) is 0 Å². The van der Waals surface area contributed by atoms with E-state index in [9.17, 15) is 9.59 Å². The molecule has 0 spiro atoms. The van der Waals surface area contributed by atoms with Crippen LogP contribution < -0.4 is 5.32 Å². The Morgan fingerprint density at radius 1 is 1.44 bits per heavy atom. The average molecular weight is 269 g/mol. The number of imide groups is 1. The second-order valence-electron chi connectivity index (χ2n) is 4.85. The van der Waals surface area contributed by atoms with E-state index in [1.165, 1.54) is 11.9 Å². The topological polar surface area (TPSA) is 61.8 Å². The first kappa shape index (κ1) is 13.4. The van der Waals surface area contributed by atoms with E-state index in [-0.39, 0.29) is 23.8 Å². The van der Waals surface area contributed by atoms with Gasteiger partial charge >= 0.3 is 0 Å². The average Bonchev–Trinajstić information content (AvgIpc) is 2.89. The molecular formula is C12H19N3O2S. The van der Waals surface area contributed by atoms with Crippen LogP contribution in [0.3, 0.4) is 0 Å².